The number of aromatic nitrogens is 3. The summed E-state index contributed by atoms with van der Waals surface area (Å²) in [6.07, 6.45) is 7.47. The molecule has 0 amide bonds. The zero-order chi connectivity index (χ0) is 13.1. The molecule has 2 aromatic rings. The minimum Gasteiger partial charge on any atom is -0.373 e. The smallest absolute Gasteiger partial charge is 0.246 e. The maximum absolute atomic E-state index is 4.55. The maximum atomic E-state index is 4.55. The van der Waals surface area contributed by atoms with Crippen molar-refractivity contribution in [2.24, 2.45) is 0 Å². The van der Waals surface area contributed by atoms with Crippen LogP contribution in [0.5, 0.6) is 0 Å². The summed E-state index contributed by atoms with van der Waals surface area (Å²) in [5.41, 5.74) is 4.96. The summed E-state index contributed by atoms with van der Waals surface area (Å²) in [5.74, 6) is 1.38. The Morgan fingerprint density at radius 3 is 3.00 bits per heavy atom. The Hall–Kier alpha value is -2.47. The van der Waals surface area contributed by atoms with Crippen LogP contribution >= 0.6 is 0 Å². The second-order valence-corrected chi connectivity index (χ2v) is 4.05. The van der Waals surface area contributed by atoms with Gasteiger partial charge in [-0.2, -0.15) is 4.98 Å². The number of hydrazine groups is 1. The predicted molar refractivity (Wildman–Crippen MR) is 74.4 cm³/mol. The van der Waals surface area contributed by atoms with Gasteiger partial charge in [0.05, 0.1) is 5.69 Å². The fourth-order valence-corrected chi connectivity index (χ4v) is 1.83. The third-order valence-electron chi connectivity index (χ3n) is 2.78. The third-order valence-corrected chi connectivity index (χ3v) is 2.78. The lowest BCUT2D eigenvalue weighted by atomic mass is 10.2. The van der Waals surface area contributed by atoms with E-state index in [9.17, 15) is 0 Å². The summed E-state index contributed by atoms with van der Waals surface area (Å²) in [7, 11) is 1.84. The van der Waals surface area contributed by atoms with Crippen molar-refractivity contribution < 1.29 is 0 Å². The first-order valence-electron chi connectivity index (χ1n) is 6.03. The van der Waals surface area contributed by atoms with E-state index in [-0.39, 0.29) is 0 Å². The normalized spacial score (nSPS) is 13.8. The Kier molecular flexibility index (Phi) is 3.07. The molecule has 2 N–H and O–H groups in total. The Morgan fingerprint density at radius 1 is 1.37 bits per heavy atom. The topological polar surface area (TPSA) is 66.0 Å². The van der Waals surface area contributed by atoms with E-state index in [4.69, 9.17) is 0 Å². The highest BCUT2D eigenvalue weighted by Crippen LogP contribution is 2.22. The molecule has 96 valence electrons. The van der Waals surface area contributed by atoms with Crippen molar-refractivity contribution in [3.8, 4) is 11.3 Å². The fraction of sp³-hybridized carbons (Fsp3) is 0.154. The Labute approximate surface area is 111 Å². The van der Waals surface area contributed by atoms with Crippen LogP contribution in [0.4, 0.5) is 11.8 Å². The Balaban J connectivity index is 2.04. The molecule has 0 saturated heterocycles. The van der Waals surface area contributed by atoms with Gasteiger partial charge in [0, 0.05) is 43.8 Å². The first-order valence-corrected chi connectivity index (χ1v) is 6.03. The lowest BCUT2D eigenvalue weighted by Gasteiger charge is -2.15. The summed E-state index contributed by atoms with van der Waals surface area (Å²) in [5, 5.41) is 4.86. The lowest BCUT2D eigenvalue weighted by molar-refractivity contribution is 0.784. The maximum Gasteiger partial charge on any atom is 0.246 e. The first kappa shape index (κ1) is 11.6. The van der Waals surface area contributed by atoms with Crippen LogP contribution in [0.2, 0.25) is 0 Å². The molecule has 0 aliphatic carbocycles. The fourth-order valence-electron chi connectivity index (χ4n) is 1.83. The monoisotopic (exact) mass is 254 g/mol. The average molecular weight is 254 g/mol. The van der Waals surface area contributed by atoms with Crippen LogP contribution < -0.4 is 15.8 Å². The van der Waals surface area contributed by atoms with Crippen LogP contribution in [0.1, 0.15) is 0 Å². The van der Waals surface area contributed by atoms with Gasteiger partial charge < -0.3 is 5.32 Å². The average Bonchev–Trinajstić information content (AvgIpc) is 3.02. The first-order chi connectivity index (χ1) is 9.36. The molecule has 0 unspecified atom stereocenters. The highest BCUT2D eigenvalue weighted by Gasteiger charge is 2.13. The van der Waals surface area contributed by atoms with Gasteiger partial charge in [0.1, 0.15) is 5.82 Å². The van der Waals surface area contributed by atoms with E-state index >= 15 is 0 Å². The molecule has 0 aromatic carbocycles. The molecule has 3 heterocycles. The number of pyridine rings is 1. The Morgan fingerprint density at radius 2 is 2.32 bits per heavy atom. The highest BCUT2D eigenvalue weighted by molar-refractivity contribution is 5.63. The number of hydrogen-bond donors (Lipinski definition) is 2. The van der Waals surface area contributed by atoms with Crippen molar-refractivity contribution in [3.63, 3.8) is 0 Å². The SMILES string of the molecule is CNc1cc(-c2cccnc2)nc(N2C=CCN2)n1. The summed E-state index contributed by atoms with van der Waals surface area (Å²) < 4.78 is 0. The van der Waals surface area contributed by atoms with E-state index in [0.29, 0.717) is 5.95 Å². The minimum atomic E-state index is 0.611. The van der Waals surface area contributed by atoms with E-state index in [1.54, 1.807) is 17.4 Å². The van der Waals surface area contributed by atoms with E-state index in [1.807, 2.05) is 37.5 Å². The zero-order valence-electron chi connectivity index (χ0n) is 10.5. The quantitative estimate of drug-likeness (QED) is 0.863. The van der Waals surface area contributed by atoms with Crippen LogP contribution in [0.25, 0.3) is 11.3 Å². The summed E-state index contributed by atoms with van der Waals surface area (Å²) in [4.78, 5) is 13.1. The van der Waals surface area contributed by atoms with Crippen molar-refractivity contribution in [2.45, 2.75) is 0 Å². The number of nitrogens with one attached hydrogen (secondary N) is 2. The van der Waals surface area contributed by atoms with Crippen LogP contribution in [0.15, 0.2) is 42.9 Å². The molecular formula is C13H14N6. The molecule has 0 bridgehead atoms. The molecular weight excluding hydrogens is 240 g/mol. The van der Waals surface area contributed by atoms with Crippen molar-refractivity contribution >= 4 is 11.8 Å². The van der Waals surface area contributed by atoms with E-state index in [2.05, 4.69) is 25.7 Å². The van der Waals surface area contributed by atoms with Crippen LogP contribution in [0, 0.1) is 0 Å². The van der Waals surface area contributed by atoms with E-state index in [1.165, 1.54) is 0 Å². The standard InChI is InChI=1S/C13H14N6/c1-14-12-8-11(10-4-2-5-15-9-10)17-13(18-12)19-7-3-6-16-19/h2-5,7-9,16H,6H2,1H3,(H,14,17,18). The van der Waals surface area contributed by atoms with Gasteiger partial charge in [0.2, 0.25) is 5.95 Å². The zero-order valence-corrected chi connectivity index (χ0v) is 10.5. The van der Waals surface area contributed by atoms with Gasteiger partial charge in [-0.15, -0.1) is 0 Å². The lowest BCUT2D eigenvalue weighted by Crippen LogP contribution is -2.30. The summed E-state index contributed by atoms with van der Waals surface area (Å²) in [6.45, 7) is 0.787. The molecule has 0 fully saturated rings. The van der Waals surface area contributed by atoms with Crippen LogP contribution in [0.3, 0.4) is 0 Å². The van der Waals surface area contributed by atoms with Gasteiger partial charge in [0.25, 0.3) is 0 Å². The van der Waals surface area contributed by atoms with Crippen molar-refractivity contribution in [2.75, 3.05) is 23.9 Å². The molecule has 19 heavy (non-hydrogen) atoms. The molecule has 1 aliphatic heterocycles. The highest BCUT2D eigenvalue weighted by atomic mass is 15.5. The van der Waals surface area contributed by atoms with Gasteiger partial charge in [-0.3, -0.25) is 9.99 Å². The van der Waals surface area contributed by atoms with Gasteiger partial charge >= 0.3 is 0 Å². The number of nitrogens with zero attached hydrogens (tertiary/aromatic N) is 4. The number of hydrogen-bond acceptors (Lipinski definition) is 6. The van der Waals surface area contributed by atoms with Gasteiger partial charge in [-0.1, -0.05) is 6.08 Å². The van der Waals surface area contributed by atoms with Crippen molar-refractivity contribution in [1.29, 1.82) is 0 Å². The van der Waals surface area contributed by atoms with Crippen molar-refractivity contribution in [1.82, 2.24) is 20.4 Å². The van der Waals surface area contributed by atoms with Crippen LogP contribution in [-0.4, -0.2) is 28.5 Å². The summed E-state index contributed by atoms with van der Waals surface area (Å²) in [6, 6.07) is 5.77. The molecule has 0 atom stereocenters. The molecule has 6 nitrogen and oxygen atoms in total. The molecule has 0 saturated carbocycles. The van der Waals surface area contributed by atoms with Crippen molar-refractivity contribution in [3.05, 3.63) is 42.9 Å². The summed E-state index contributed by atoms with van der Waals surface area (Å²) >= 11 is 0. The van der Waals surface area contributed by atoms with E-state index < -0.39 is 0 Å². The second kappa shape index (κ2) is 5.03. The van der Waals surface area contributed by atoms with Gasteiger partial charge in [-0.05, 0) is 12.1 Å². The van der Waals surface area contributed by atoms with E-state index in [0.717, 1.165) is 23.6 Å². The van der Waals surface area contributed by atoms with Crippen LogP contribution in [-0.2, 0) is 0 Å². The molecule has 0 spiro atoms. The number of rotatable bonds is 3. The molecule has 1 aliphatic rings. The number of anilines is 2. The third kappa shape index (κ3) is 2.38. The predicted octanol–water partition coefficient (Wildman–Crippen LogP) is 1.42. The van der Waals surface area contributed by atoms with Gasteiger partial charge in [0.15, 0.2) is 0 Å². The largest absolute Gasteiger partial charge is 0.373 e. The molecule has 6 heteroatoms. The molecule has 2 aromatic heterocycles. The molecule has 0 radical (unpaired) electrons. The molecule has 3 rings (SSSR count). The van der Waals surface area contributed by atoms with Gasteiger partial charge in [-0.25, -0.2) is 10.4 Å². The Bertz CT molecular complexity index is 595. The second-order valence-electron chi connectivity index (χ2n) is 4.05. The minimum absolute atomic E-state index is 0.611.